The Morgan fingerprint density at radius 1 is 1.46 bits per heavy atom. The lowest BCUT2D eigenvalue weighted by Crippen LogP contribution is -2.38. The molecule has 1 aromatic heterocycles. The largest absolute Gasteiger partial charge is 0.476 e. The lowest BCUT2D eigenvalue weighted by Gasteiger charge is -2.33. The topological polar surface area (TPSA) is 69.0 Å². The molecule has 0 fully saturated rings. The zero-order valence-electron chi connectivity index (χ0n) is 15.3. The van der Waals surface area contributed by atoms with Gasteiger partial charge in [-0.1, -0.05) is 18.5 Å². The molecule has 0 aliphatic carbocycles. The van der Waals surface area contributed by atoms with Gasteiger partial charge in [-0.15, -0.1) is 0 Å². The van der Waals surface area contributed by atoms with Gasteiger partial charge in [0.1, 0.15) is 18.1 Å². The van der Waals surface area contributed by atoms with Crippen LogP contribution in [0, 0.1) is 6.92 Å². The van der Waals surface area contributed by atoms with Gasteiger partial charge in [-0.25, -0.2) is 4.79 Å². The van der Waals surface area contributed by atoms with E-state index in [0.29, 0.717) is 46.6 Å². The van der Waals surface area contributed by atoms with Crippen LogP contribution in [0.25, 0.3) is 11.0 Å². The second-order valence-corrected chi connectivity index (χ2v) is 6.97. The molecule has 0 saturated heterocycles. The number of esters is 1. The number of nitrogens with zero attached hydrogens (tertiary/aromatic N) is 1. The summed E-state index contributed by atoms with van der Waals surface area (Å²) in [4.78, 5) is 26.3. The number of carbonyl (C=O) groups excluding carboxylic acids is 1. The lowest BCUT2D eigenvalue weighted by atomic mass is 10.00. The van der Waals surface area contributed by atoms with Gasteiger partial charge in [0.2, 0.25) is 0 Å². The zero-order valence-corrected chi connectivity index (χ0v) is 16.1. The average Bonchev–Trinajstić information content (AvgIpc) is 2.65. The first-order chi connectivity index (χ1) is 12.4. The normalized spacial score (nSPS) is 15.4. The van der Waals surface area contributed by atoms with Crippen molar-refractivity contribution in [3.63, 3.8) is 0 Å². The van der Waals surface area contributed by atoms with Gasteiger partial charge in [-0.05, 0) is 31.9 Å². The third kappa shape index (κ3) is 3.19. The second kappa shape index (κ2) is 7.29. The van der Waals surface area contributed by atoms with Crippen LogP contribution in [0.1, 0.15) is 37.0 Å². The number of aryl methyl sites for hydroxylation is 1. The molecule has 3 rings (SSSR count). The quantitative estimate of drug-likeness (QED) is 0.599. The number of carbonyl (C=O) groups is 1. The van der Waals surface area contributed by atoms with Crippen LogP contribution in [-0.2, 0) is 22.5 Å². The van der Waals surface area contributed by atoms with Crippen molar-refractivity contribution >= 4 is 28.5 Å². The monoisotopic (exact) mass is 379 g/mol. The molecule has 2 heterocycles. The van der Waals surface area contributed by atoms with Crippen molar-refractivity contribution in [2.75, 3.05) is 13.8 Å². The summed E-state index contributed by atoms with van der Waals surface area (Å²) in [5, 5.41) is 1.18. The highest BCUT2D eigenvalue weighted by Gasteiger charge is 2.28. The average molecular weight is 380 g/mol. The van der Waals surface area contributed by atoms with Crippen LogP contribution < -0.4 is 10.4 Å². The van der Waals surface area contributed by atoms with Crippen molar-refractivity contribution in [2.45, 2.75) is 46.2 Å². The Labute approximate surface area is 156 Å². The maximum atomic E-state index is 12.5. The number of fused-ring (bicyclic) bond motifs is 3. The van der Waals surface area contributed by atoms with Crippen molar-refractivity contribution in [2.24, 2.45) is 0 Å². The van der Waals surface area contributed by atoms with Gasteiger partial charge in [0, 0.05) is 18.0 Å². The zero-order chi connectivity index (χ0) is 19.0. The molecule has 0 radical (unpaired) electrons. The van der Waals surface area contributed by atoms with E-state index in [1.165, 1.54) is 7.11 Å². The molecule has 0 amide bonds. The summed E-state index contributed by atoms with van der Waals surface area (Å²) in [6, 6.07) is 2.05. The third-order valence-corrected chi connectivity index (χ3v) is 5.36. The minimum Gasteiger partial charge on any atom is -0.476 e. The molecular formula is C19H22ClNO5. The molecule has 140 valence electrons. The second-order valence-electron chi connectivity index (χ2n) is 6.57. The minimum atomic E-state index is -0.536. The summed E-state index contributed by atoms with van der Waals surface area (Å²) < 4.78 is 16.1. The van der Waals surface area contributed by atoms with Gasteiger partial charge < -0.3 is 13.9 Å². The van der Waals surface area contributed by atoms with Gasteiger partial charge >= 0.3 is 11.6 Å². The van der Waals surface area contributed by atoms with Gasteiger partial charge in [0.25, 0.3) is 0 Å². The van der Waals surface area contributed by atoms with Crippen LogP contribution in [0.4, 0.5) is 0 Å². The predicted molar refractivity (Wildman–Crippen MR) is 98.7 cm³/mol. The Morgan fingerprint density at radius 2 is 2.19 bits per heavy atom. The maximum Gasteiger partial charge on any atom is 0.340 e. The van der Waals surface area contributed by atoms with Gasteiger partial charge in [0.05, 0.1) is 29.7 Å². The Bertz CT molecular complexity index is 921. The fourth-order valence-electron chi connectivity index (χ4n) is 3.19. The van der Waals surface area contributed by atoms with E-state index >= 15 is 0 Å². The van der Waals surface area contributed by atoms with E-state index in [-0.39, 0.29) is 12.0 Å². The molecule has 1 aliphatic heterocycles. The number of hydrogen-bond acceptors (Lipinski definition) is 6. The van der Waals surface area contributed by atoms with Crippen molar-refractivity contribution in [3.8, 4) is 5.75 Å². The van der Waals surface area contributed by atoms with Crippen molar-refractivity contribution in [1.82, 2.24) is 4.90 Å². The Kier molecular flexibility index (Phi) is 5.25. The summed E-state index contributed by atoms with van der Waals surface area (Å²) in [5.74, 6) is 0.0667. The molecule has 0 bridgehead atoms. The number of ether oxygens (including phenoxy) is 2. The number of rotatable bonds is 4. The smallest absolute Gasteiger partial charge is 0.340 e. The number of methoxy groups -OCH3 is 1. The highest BCUT2D eigenvalue weighted by atomic mass is 35.5. The maximum absolute atomic E-state index is 12.5. The molecule has 26 heavy (non-hydrogen) atoms. The number of halogens is 1. The molecule has 0 N–H and O–H groups in total. The molecular weight excluding hydrogens is 358 g/mol. The summed E-state index contributed by atoms with van der Waals surface area (Å²) in [5.41, 5.74) is 1.66. The van der Waals surface area contributed by atoms with E-state index in [4.69, 9.17) is 20.8 Å². The predicted octanol–water partition coefficient (Wildman–Crippen LogP) is 3.42. The summed E-state index contributed by atoms with van der Waals surface area (Å²) >= 11 is 6.42. The van der Waals surface area contributed by atoms with Gasteiger partial charge in [0.15, 0.2) is 0 Å². The van der Waals surface area contributed by atoms with Crippen LogP contribution in [0.2, 0.25) is 5.02 Å². The van der Waals surface area contributed by atoms with Crippen LogP contribution in [-0.4, -0.2) is 30.8 Å². The number of hydrogen-bond donors (Lipinski definition) is 0. The lowest BCUT2D eigenvalue weighted by molar-refractivity contribution is -0.139. The SMILES string of the molecule is CC[C@H](C)N1COc2c(Cl)cc3c(C)c(CC(=O)OC)c(=O)oc3c2C1. The number of benzene rings is 1. The van der Waals surface area contributed by atoms with Crippen LogP contribution in [0.3, 0.4) is 0 Å². The van der Waals surface area contributed by atoms with Crippen molar-refractivity contribution in [1.29, 1.82) is 0 Å². The van der Waals surface area contributed by atoms with E-state index in [9.17, 15) is 9.59 Å². The van der Waals surface area contributed by atoms with Gasteiger partial charge in [-0.2, -0.15) is 0 Å². The molecule has 1 aliphatic rings. The molecule has 6 nitrogen and oxygen atoms in total. The van der Waals surface area contributed by atoms with E-state index in [1.807, 2.05) is 0 Å². The molecule has 0 spiro atoms. The first-order valence-electron chi connectivity index (χ1n) is 8.58. The van der Waals surface area contributed by atoms with Crippen LogP contribution >= 0.6 is 11.6 Å². The molecule has 1 atom stereocenters. The Balaban J connectivity index is 2.18. The fraction of sp³-hybridized carbons (Fsp3) is 0.474. The fourth-order valence-corrected chi connectivity index (χ4v) is 3.47. The first-order valence-corrected chi connectivity index (χ1v) is 8.96. The van der Waals surface area contributed by atoms with Crippen LogP contribution in [0.5, 0.6) is 5.75 Å². The standard InChI is InChI=1S/C19H22ClNO5/c1-5-10(2)21-8-14-17-12(6-15(20)18(14)25-9-21)11(3)13(19(23)26-17)7-16(22)24-4/h6,10H,5,7-9H2,1-4H3/t10-/m0/s1. The van der Waals surface area contributed by atoms with Crippen molar-refractivity contribution < 1.29 is 18.7 Å². The first kappa shape index (κ1) is 18.7. The summed E-state index contributed by atoms with van der Waals surface area (Å²) in [7, 11) is 1.29. The van der Waals surface area contributed by atoms with E-state index < -0.39 is 11.6 Å². The van der Waals surface area contributed by atoms with Gasteiger partial charge in [-0.3, -0.25) is 9.69 Å². The Hall–Kier alpha value is -2.05. The van der Waals surface area contributed by atoms with E-state index in [2.05, 4.69) is 23.5 Å². The van der Waals surface area contributed by atoms with E-state index in [0.717, 1.165) is 12.0 Å². The highest BCUT2D eigenvalue weighted by Crippen LogP contribution is 2.40. The molecule has 1 aromatic carbocycles. The summed E-state index contributed by atoms with van der Waals surface area (Å²) in [6.45, 7) is 7.05. The molecule has 2 aromatic rings. The van der Waals surface area contributed by atoms with Crippen LogP contribution in [0.15, 0.2) is 15.3 Å². The summed E-state index contributed by atoms with van der Waals surface area (Å²) in [6.07, 6.45) is 0.842. The highest BCUT2D eigenvalue weighted by molar-refractivity contribution is 6.33. The minimum absolute atomic E-state index is 0.134. The molecule has 0 saturated carbocycles. The Morgan fingerprint density at radius 3 is 2.85 bits per heavy atom. The third-order valence-electron chi connectivity index (χ3n) is 5.08. The molecule has 7 heteroatoms. The van der Waals surface area contributed by atoms with E-state index in [1.54, 1.807) is 13.0 Å². The van der Waals surface area contributed by atoms with Crippen molar-refractivity contribution in [3.05, 3.63) is 38.2 Å². The molecule has 0 unspecified atom stereocenters.